The lowest BCUT2D eigenvalue weighted by Gasteiger charge is -2.14. The van der Waals surface area contributed by atoms with Crippen LogP contribution in [0, 0.1) is 17.1 Å². The molecule has 1 atom stereocenters. The molecule has 0 aliphatic carbocycles. The van der Waals surface area contributed by atoms with Gasteiger partial charge in [0.25, 0.3) is 0 Å². The number of carboxylic acid groups (broad SMARTS) is 1. The standard InChI is InChI=1S/C12H13FN2O4S/c1-2-3-11(12(16)17)15-20(18,19)9-4-5-10(13)8(6-9)7-14/h4-6,11,15H,2-3H2,1H3,(H,16,17). The molecule has 108 valence electrons. The number of nitriles is 1. The van der Waals surface area contributed by atoms with Gasteiger partial charge in [-0.15, -0.1) is 0 Å². The van der Waals surface area contributed by atoms with E-state index in [2.05, 4.69) is 0 Å². The van der Waals surface area contributed by atoms with Crippen LogP contribution in [0.5, 0.6) is 0 Å². The Morgan fingerprint density at radius 2 is 2.20 bits per heavy atom. The molecule has 2 N–H and O–H groups in total. The summed E-state index contributed by atoms with van der Waals surface area (Å²) >= 11 is 0. The van der Waals surface area contributed by atoms with Gasteiger partial charge in [-0.05, 0) is 24.6 Å². The summed E-state index contributed by atoms with van der Waals surface area (Å²) in [5.74, 6) is -2.13. The molecular formula is C12H13FN2O4S. The Labute approximate surface area is 115 Å². The Bertz CT molecular complexity index is 652. The Kier molecular flexibility index (Phi) is 5.19. The molecule has 0 spiro atoms. The molecule has 1 rings (SSSR count). The number of nitrogens with zero attached hydrogens (tertiary/aromatic N) is 1. The van der Waals surface area contributed by atoms with Crippen LogP contribution in [0.1, 0.15) is 25.3 Å². The van der Waals surface area contributed by atoms with Crippen LogP contribution in [0.2, 0.25) is 0 Å². The van der Waals surface area contributed by atoms with E-state index in [9.17, 15) is 17.6 Å². The molecule has 0 fully saturated rings. The molecule has 6 nitrogen and oxygen atoms in total. The average molecular weight is 300 g/mol. The van der Waals surface area contributed by atoms with Crippen molar-refractivity contribution in [1.82, 2.24) is 4.72 Å². The summed E-state index contributed by atoms with van der Waals surface area (Å²) in [5.41, 5.74) is -0.421. The van der Waals surface area contributed by atoms with Crippen molar-refractivity contribution in [2.24, 2.45) is 0 Å². The lowest BCUT2D eigenvalue weighted by atomic mass is 10.2. The number of hydrogen-bond donors (Lipinski definition) is 2. The SMILES string of the molecule is CCCC(NS(=O)(=O)c1ccc(F)c(C#N)c1)C(=O)O. The van der Waals surface area contributed by atoms with Crippen LogP contribution in [-0.2, 0) is 14.8 Å². The molecule has 0 aliphatic heterocycles. The van der Waals surface area contributed by atoms with Gasteiger partial charge in [-0.3, -0.25) is 4.79 Å². The summed E-state index contributed by atoms with van der Waals surface area (Å²) in [6.45, 7) is 1.72. The molecule has 0 aromatic heterocycles. The maximum absolute atomic E-state index is 13.1. The van der Waals surface area contributed by atoms with Crippen molar-refractivity contribution in [3.63, 3.8) is 0 Å². The third-order valence-corrected chi connectivity index (χ3v) is 4.01. The molecule has 0 amide bonds. The largest absolute Gasteiger partial charge is 0.480 e. The number of rotatable bonds is 6. The number of halogens is 1. The summed E-state index contributed by atoms with van der Waals surface area (Å²) in [6, 6.07) is 2.95. The monoisotopic (exact) mass is 300 g/mol. The first-order chi connectivity index (χ1) is 9.31. The van der Waals surface area contributed by atoms with Gasteiger partial charge in [-0.1, -0.05) is 13.3 Å². The summed E-state index contributed by atoms with van der Waals surface area (Å²) in [7, 11) is -4.12. The van der Waals surface area contributed by atoms with Crippen molar-refractivity contribution in [3.05, 3.63) is 29.6 Å². The van der Waals surface area contributed by atoms with Crippen LogP contribution in [0.4, 0.5) is 4.39 Å². The predicted molar refractivity (Wildman–Crippen MR) is 67.8 cm³/mol. The molecule has 20 heavy (non-hydrogen) atoms. The Balaban J connectivity index is 3.11. The van der Waals surface area contributed by atoms with Crippen LogP contribution in [0.3, 0.4) is 0 Å². The zero-order valence-electron chi connectivity index (χ0n) is 10.6. The fraction of sp³-hybridized carbons (Fsp3) is 0.333. The Morgan fingerprint density at radius 1 is 1.55 bits per heavy atom. The number of aliphatic carboxylic acids is 1. The third kappa shape index (κ3) is 3.76. The van der Waals surface area contributed by atoms with Gasteiger partial charge < -0.3 is 5.11 Å². The molecule has 0 heterocycles. The van der Waals surface area contributed by atoms with Crippen molar-refractivity contribution in [2.75, 3.05) is 0 Å². The second-order valence-corrected chi connectivity index (χ2v) is 5.77. The number of nitrogens with one attached hydrogen (secondary N) is 1. The number of hydrogen-bond acceptors (Lipinski definition) is 4. The van der Waals surface area contributed by atoms with E-state index in [-0.39, 0.29) is 11.3 Å². The highest BCUT2D eigenvalue weighted by Gasteiger charge is 2.25. The molecule has 1 unspecified atom stereocenters. The molecule has 1 aromatic carbocycles. The van der Waals surface area contributed by atoms with Crippen molar-refractivity contribution in [2.45, 2.75) is 30.7 Å². The van der Waals surface area contributed by atoms with E-state index in [1.165, 1.54) is 6.07 Å². The van der Waals surface area contributed by atoms with Gasteiger partial charge in [-0.25, -0.2) is 12.8 Å². The van der Waals surface area contributed by atoms with Gasteiger partial charge in [-0.2, -0.15) is 9.98 Å². The van der Waals surface area contributed by atoms with E-state index >= 15 is 0 Å². The highest BCUT2D eigenvalue weighted by Crippen LogP contribution is 2.15. The third-order valence-electron chi connectivity index (χ3n) is 2.54. The topological polar surface area (TPSA) is 107 Å². The first-order valence-corrected chi connectivity index (χ1v) is 7.25. The van der Waals surface area contributed by atoms with Crippen LogP contribution in [-0.4, -0.2) is 25.5 Å². The number of carboxylic acids is 1. The van der Waals surface area contributed by atoms with Gasteiger partial charge in [0.15, 0.2) is 0 Å². The lowest BCUT2D eigenvalue weighted by molar-refractivity contribution is -0.139. The lowest BCUT2D eigenvalue weighted by Crippen LogP contribution is -2.40. The summed E-state index contributed by atoms with van der Waals surface area (Å²) in [4.78, 5) is 10.6. The molecule has 1 aromatic rings. The van der Waals surface area contributed by atoms with Crippen molar-refractivity contribution >= 4 is 16.0 Å². The second kappa shape index (κ2) is 6.45. The predicted octanol–water partition coefficient (Wildman–Crippen LogP) is 1.23. The summed E-state index contributed by atoms with van der Waals surface area (Å²) < 4.78 is 39.1. The van der Waals surface area contributed by atoms with E-state index < -0.39 is 33.4 Å². The second-order valence-electron chi connectivity index (χ2n) is 4.05. The van der Waals surface area contributed by atoms with Crippen LogP contribution < -0.4 is 4.72 Å². The van der Waals surface area contributed by atoms with Crippen molar-refractivity contribution in [3.8, 4) is 6.07 Å². The molecule has 0 bridgehead atoms. The highest BCUT2D eigenvalue weighted by molar-refractivity contribution is 7.89. The van der Waals surface area contributed by atoms with E-state index in [1.807, 2.05) is 4.72 Å². The van der Waals surface area contributed by atoms with Gasteiger partial charge in [0.1, 0.15) is 17.9 Å². The summed E-state index contributed by atoms with van der Waals surface area (Å²) in [5, 5.41) is 17.6. The minimum absolute atomic E-state index is 0.126. The van der Waals surface area contributed by atoms with Crippen molar-refractivity contribution < 1.29 is 22.7 Å². The normalized spacial score (nSPS) is 12.7. The summed E-state index contributed by atoms with van der Waals surface area (Å²) in [6.07, 6.45) is 0.604. The van der Waals surface area contributed by atoms with Gasteiger partial charge >= 0.3 is 5.97 Å². The Morgan fingerprint density at radius 3 is 2.70 bits per heavy atom. The van der Waals surface area contributed by atoms with E-state index in [0.717, 1.165) is 18.2 Å². The first-order valence-electron chi connectivity index (χ1n) is 5.76. The smallest absolute Gasteiger partial charge is 0.321 e. The molecule has 8 heteroatoms. The first kappa shape index (κ1) is 16.1. The maximum Gasteiger partial charge on any atom is 0.321 e. The van der Waals surface area contributed by atoms with Crippen LogP contribution in [0.15, 0.2) is 23.1 Å². The van der Waals surface area contributed by atoms with Crippen LogP contribution in [0.25, 0.3) is 0 Å². The quantitative estimate of drug-likeness (QED) is 0.821. The molecule has 0 aliphatic rings. The van der Waals surface area contributed by atoms with Gasteiger partial charge in [0, 0.05) is 0 Å². The number of sulfonamides is 1. The fourth-order valence-corrected chi connectivity index (χ4v) is 2.78. The van der Waals surface area contributed by atoms with Crippen LogP contribution >= 0.6 is 0 Å². The fourth-order valence-electron chi connectivity index (χ4n) is 1.53. The van der Waals surface area contributed by atoms with E-state index in [1.54, 1.807) is 6.92 Å². The minimum atomic E-state index is -4.12. The molecule has 0 saturated heterocycles. The molecule has 0 radical (unpaired) electrons. The molecular weight excluding hydrogens is 287 g/mol. The zero-order chi connectivity index (χ0) is 15.3. The Hall–Kier alpha value is -1.98. The van der Waals surface area contributed by atoms with Crippen molar-refractivity contribution in [1.29, 1.82) is 5.26 Å². The minimum Gasteiger partial charge on any atom is -0.480 e. The van der Waals surface area contributed by atoms with E-state index in [0.29, 0.717) is 6.42 Å². The van der Waals surface area contributed by atoms with Gasteiger partial charge in [0.05, 0.1) is 10.5 Å². The molecule has 0 saturated carbocycles. The maximum atomic E-state index is 13.1. The van der Waals surface area contributed by atoms with E-state index in [4.69, 9.17) is 10.4 Å². The highest BCUT2D eigenvalue weighted by atomic mass is 32.2. The number of carbonyl (C=O) groups is 1. The average Bonchev–Trinajstić information content (AvgIpc) is 2.38. The number of benzene rings is 1. The van der Waals surface area contributed by atoms with Gasteiger partial charge in [0.2, 0.25) is 10.0 Å². The zero-order valence-corrected chi connectivity index (χ0v) is 11.4.